The Morgan fingerprint density at radius 3 is 2.55 bits per heavy atom. The van der Waals surface area contributed by atoms with Crippen LogP contribution in [0.4, 0.5) is 10.1 Å². The van der Waals surface area contributed by atoms with Gasteiger partial charge in [-0.3, -0.25) is 14.5 Å². The van der Waals surface area contributed by atoms with E-state index in [9.17, 15) is 18.8 Å². The summed E-state index contributed by atoms with van der Waals surface area (Å²) in [6.07, 6.45) is 1.60. The van der Waals surface area contributed by atoms with Gasteiger partial charge in [0, 0.05) is 18.8 Å². The van der Waals surface area contributed by atoms with Crippen LogP contribution in [-0.4, -0.2) is 59.1 Å². The Labute approximate surface area is 229 Å². The van der Waals surface area contributed by atoms with Crippen LogP contribution in [-0.2, 0) is 25.6 Å². The second-order valence-corrected chi connectivity index (χ2v) is 9.37. The van der Waals surface area contributed by atoms with Gasteiger partial charge in [-0.1, -0.05) is 29.5 Å². The van der Waals surface area contributed by atoms with Crippen molar-refractivity contribution in [2.75, 3.05) is 25.2 Å². The molecule has 0 spiro atoms. The minimum Gasteiger partial charge on any atom is -0.465 e. The third-order valence-corrected chi connectivity index (χ3v) is 6.76. The lowest BCUT2D eigenvalue weighted by Gasteiger charge is -2.32. The summed E-state index contributed by atoms with van der Waals surface area (Å²) in [7, 11) is 1.28. The molecule has 1 saturated heterocycles. The van der Waals surface area contributed by atoms with Crippen molar-refractivity contribution in [3.8, 4) is 0 Å². The second-order valence-electron chi connectivity index (χ2n) is 9.37. The SMILES string of the molecule is COC(=O)c1ccc(N(C(=O)Cn2nnc3ccccc32)[C@H](C(=O)NC[C@@H]2CCCO2)c2ccc(F)cc2)cc1. The zero-order valence-electron chi connectivity index (χ0n) is 21.8. The first-order chi connectivity index (χ1) is 19.4. The number of hydrogen-bond acceptors (Lipinski definition) is 7. The number of halogens is 1. The lowest BCUT2D eigenvalue weighted by atomic mass is 10.0. The standard InChI is InChI=1S/C29H28FN5O5/c1-39-29(38)20-10-14-22(15-11-20)35(26(36)18-34-25-7-3-2-6-24(25)32-33-34)27(19-8-12-21(30)13-9-19)28(37)31-17-23-5-4-16-40-23/h2-3,6-15,23,27H,4-5,16-18H2,1H3,(H,31,37)/t23-,27-/m0/s1. The average molecular weight is 546 g/mol. The number of carbonyl (C=O) groups is 3. The highest BCUT2D eigenvalue weighted by Gasteiger charge is 2.34. The fraction of sp³-hybridized carbons (Fsp3) is 0.276. The number of benzene rings is 3. The molecule has 40 heavy (non-hydrogen) atoms. The molecule has 1 fully saturated rings. The first-order valence-corrected chi connectivity index (χ1v) is 12.9. The number of rotatable bonds is 9. The van der Waals surface area contributed by atoms with Gasteiger partial charge in [-0.2, -0.15) is 0 Å². The molecular formula is C29H28FN5O5. The average Bonchev–Trinajstić information content (AvgIpc) is 3.65. The van der Waals surface area contributed by atoms with Crippen molar-refractivity contribution >= 4 is 34.5 Å². The van der Waals surface area contributed by atoms with E-state index in [1.54, 1.807) is 24.3 Å². The van der Waals surface area contributed by atoms with E-state index in [0.29, 0.717) is 28.9 Å². The van der Waals surface area contributed by atoms with Crippen LogP contribution in [0.15, 0.2) is 72.8 Å². The minimum atomic E-state index is -1.16. The van der Waals surface area contributed by atoms with Gasteiger partial charge in [0.05, 0.1) is 24.3 Å². The summed E-state index contributed by atoms with van der Waals surface area (Å²) in [5, 5.41) is 11.2. The third-order valence-electron chi connectivity index (χ3n) is 6.76. The summed E-state index contributed by atoms with van der Waals surface area (Å²) in [6.45, 7) is 0.675. The van der Waals surface area contributed by atoms with Crippen molar-refractivity contribution in [2.24, 2.45) is 0 Å². The summed E-state index contributed by atoms with van der Waals surface area (Å²) >= 11 is 0. The highest BCUT2D eigenvalue weighted by atomic mass is 19.1. The molecule has 0 saturated carbocycles. The van der Waals surface area contributed by atoms with Crippen molar-refractivity contribution in [3.63, 3.8) is 0 Å². The monoisotopic (exact) mass is 545 g/mol. The van der Waals surface area contributed by atoms with Crippen LogP contribution in [0.25, 0.3) is 11.0 Å². The maximum absolute atomic E-state index is 14.0. The lowest BCUT2D eigenvalue weighted by molar-refractivity contribution is -0.127. The molecule has 2 heterocycles. The molecule has 11 heteroatoms. The van der Waals surface area contributed by atoms with E-state index in [2.05, 4.69) is 15.6 Å². The molecule has 1 aliphatic rings. The number of fused-ring (bicyclic) bond motifs is 1. The van der Waals surface area contributed by atoms with E-state index in [1.165, 1.54) is 53.1 Å². The van der Waals surface area contributed by atoms with E-state index in [0.717, 1.165) is 12.8 Å². The van der Waals surface area contributed by atoms with Gasteiger partial charge in [0.25, 0.3) is 0 Å². The quantitative estimate of drug-likeness (QED) is 0.321. The number of amides is 2. The van der Waals surface area contributed by atoms with E-state index in [1.807, 2.05) is 12.1 Å². The number of esters is 1. The predicted molar refractivity (Wildman–Crippen MR) is 144 cm³/mol. The number of nitrogens with zero attached hydrogens (tertiary/aromatic N) is 4. The highest BCUT2D eigenvalue weighted by Crippen LogP contribution is 2.30. The predicted octanol–water partition coefficient (Wildman–Crippen LogP) is 3.43. The molecule has 0 bridgehead atoms. The molecule has 5 rings (SSSR count). The number of anilines is 1. The number of hydrogen-bond donors (Lipinski definition) is 1. The normalized spacial score (nSPS) is 15.5. The Morgan fingerprint density at radius 1 is 1.10 bits per heavy atom. The molecule has 0 radical (unpaired) electrons. The molecule has 10 nitrogen and oxygen atoms in total. The van der Waals surface area contributed by atoms with E-state index < -0.39 is 29.6 Å². The fourth-order valence-electron chi connectivity index (χ4n) is 4.73. The van der Waals surface area contributed by atoms with Crippen molar-refractivity contribution in [1.29, 1.82) is 0 Å². The molecule has 1 N–H and O–H groups in total. The first-order valence-electron chi connectivity index (χ1n) is 12.9. The second kappa shape index (κ2) is 12.0. The van der Waals surface area contributed by atoms with E-state index in [4.69, 9.17) is 9.47 Å². The zero-order chi connectivity index (χ0) is 28.1. The summed E-state index contributed by atoms with van der Waals surface area (Å²) in [6, 6.07) is 17.6. The summed E-state index contributed by atoms with van der Waals surface area (Å²) in [4.78, 5) is 41.2. The molecule has 4 aromatic rings. The number of carbonyl (C=O) groups excluding carboxylic acids is 3. The first kappa shape index (κ1) is 26.9. The Balaban J connectivity index is 1.54. The van der Waals surface area contributed by atoms with Gasteiger partial charge in [0.2, 0.25) is 11.8 Å². The maximum Gasteiger partial charge on any atom is 0.337 e. The fourth-order valence-corrected chi connectivity index (χ4v) is 4.73. The number of methoxy groups -OCH3 is 1. The number of para-hydroxylation sites is 1. The minimum absolute atomic E-state index is 0.122. The molecule has 206 valence electrons. The van der Waals surface area contributed by atoms with Crippen molar-refractivity contribution in [1.82, 2.24) is 20.3 Å². The topological polar surface area (TPSA) is 116 Å². The van der Waals surface area contributed by atoms with Gasteiger partial charge in [0.15, 0.2) is 0 Å². The Kier molecular flexibility index (Phi) is 8.11. The Bertz CT molecular complexity index is 1500. The Hall–Kier alpha value is -4.64. The van der Waals surface area contributed by atoms with Crippen LogP contribution >= 0.6 is 0 Å². The van der Waals surface area contributed by atoms with Crippen LogP contribution in [0.5, 0.6) is 0 Å². The van der Waals surface area contributed by atoms with Gasteiger partial charge >= 0.3 is 5.97 Å². The molecular weight excluding hydrogens is 517 g/mol. The molecule has 3 aromatic carbocycles. The van der Waals surface area contributed by atoms with E-state index in [-0.39, 0.29) is 24.8 Å². The third kappa shape index (κ3) is 5.84. The zero-order valence-corrected chi connectivity index (χ0v) is 21.8. The molecule has 2 atom stereocenters. The van der Waals surface area contributed by atoms with Gasteiger partial charge in [-0.25, -0.2) is 13.9 Å². The molecule has 1 aliphatic heterocycles. The van der Waals surface area contributed by atoms with Crippen LogP contribution in [0, 0.1) is 5.82 Å². The molecule has 0 unspecified atom stereocenters. The van der Waals surface area contributed by atoms with Crippen LogP contribution < -0.4 is 10.2 Å². The Morgan fingerprint density at radius 2 is 1.85 bits per heavy atom. The smallest absolute Gasteiger partial charge is 0.337 e. The summed E-state index contributed by atoms with van der Waals surface area (Å²) < 4.78 is 25.8. The molecule has 1 aromatic heterocycles. The lowest BCUT2D eigenvalue weighted by Crippen LogP contribution is -2.46. The van der Waals surface area contributed by atoms with E-state index >= 15 is 0 Å². The van der Waals surface area contributed by atoms with Gasteiger partial charge in [0.1, 0.15) is 23.9 Å². The van der Waals surface area contributed by atoms with Crippen LogP contribution in [0.1, 0.15) is 34.8 Å². The van der Waals surface area contributed by atoms with Crippen LogP contribution in [0.3, 0.4) is 0 Å². The molecule has 0 aliphatic carbocycles. The highest BCUT2D eigenvalue weighted by molar-refractivity contribution is 6.02. The summed E-state index contributed by atoms with van der Waals surface area (Å²) in [5.74, 6) is -1.95. The van der Waals surface area contributed by atoms with Crippen LogP contribution in [0.2, 0.25) is 0 Å². The van der Waals surface area contributed by atoms with Crippen molar-refractivity contribution in [3.05, 3.63) is 89.7 Å². The maximum atomic E-state index is 14.0. The number of ether oxygens (including phenoxy) is 2. The summed E-state index contributed by atoms with van der Waals surface area (Å²) in [5.41, 5.74) is 2.30. The number of aromatic nitrogens is 3. The van der Waals surface area contributed by atoms with Crippen molar-refractivity contribution in [2.45, 2.75) is 31.5 Å². The molecule has 2 amide bonds. The largest absolute Gasteiger partial charge is 0.465 e. The van der Waals surface area contributed by atoms with Gasteiger partial charge in [-0.15, -0.1) is 5.10 Å². The van der Waals surface area contributed by atoms with Gasteiger partial charge in [-0.05, 0) is 66.9 Å². The van der Waals surface area contributed by atoms with Gasteiger partial charge < -0.3 is 14.8 Å². The number of nitrogens with one attached hydrogen (secondary N) is 1. The van der Waals surface area contributed by atoms with Crippen molar-refractivity contribution < 1.29 is 28.2 Å².